The number of ether oxygens (including phenoxy) is 1. The molecule has 0 aliphatic carbocycles. The number of hydrogen-bond donors (Lipinski definition) is 1. The minimum atomic E-state index is -0.0149. The average Bonchev–Trinajstić information content (AvgIpc) is 2.76. The zero-order valence-electron chi connectivity index (χ0n) is 10.1. The van der Waals surface area contributed by atoms with Crippen LogP contribution in [0.3, 0.4) is 0 Å². The molecule has 1 fully saturated rings. The minimum Gasteiger partial charge on any atom is -0.379 e. The molecule has 0 bridgehead atoms. The SMILES string of the molecule is O=C(Cn1cc(Br)cn1)NCCN1CCOCC1. The lowest BCUT2D eigenvalue weighted by molar-refractivity contribution is -0.121. The van der Waals surface area contributed by atoms with Crippen molar-refractivity contribution in [3.05, 3.63) is 16.9 Å². The van der Waals surface area contributed by atoms with Gasteiger partial charge in [-0.3, -0.25) is 14.4 Å². The summed E-state index contributed by atoms with van der Waals surface area (Å²) in [4.78, 5) is 13.9. The van der Waals surface area contributed by atoms with Crippen molar-refractivity contribution in [3.8, 4) is 0 Å². The van der Waals surface area contributed by atoms with E-state index in [1.54, 1.807) is 17.1 Å². The zero-order chi connectivity index (χ0) is 12.8. The summed E-state index contributed by atoms with van der Waals surface area (Å²) in [5, 5.41) is 6.93. The van der Waals surface area contributed by atoms with Crippen molar-refractivity contribution in [3.63, 3.8) is 0 Å². The Morgan fingerprint density at radius 1 is 1.50 bits per heavy atom. The van der Waals surface area contributed by atoms with Crippen LogP contribution in [0.5, 0.6) is 0 Å². The van der Waals surface area contributed by atoms with Crippen LogP contribution in [0.15, 0.2) is 16.9 Å². The quantitative estimate of drug-likeness (QED) is 0.836. The molecule has 0 unspecified atom stereocenters. The van der Waals surface area contributed by atoms with E-state index in [0.717, 1.165) is 37.3 Å². The monoisotopic (exact) mass is 316 g/mol. The van der Waals surface area contributed by atoms with Gasteiger partial charge in [-0.05, 0) is 15.9 Å². The van der Waals surface area contributed by atoms with E-state index in [1.807, 2.05) is 0 Å². The third-order valence-electron chi connectivity index (χ3n) is 2.76. The van der Waals surface area contributed by atoms with Crippen LogP contribution in [0.2, 0.25) is 0 Å². The van der Waals surface area contributed by atoms with Gasteiger partial charge in [0, 0.05) is 32.4 Å². The van der Waals surface area contributed by atoms with Crippen LogP contribution < -0.4 is 5.32 Å². The fourth-order valence-corrected chi connectivity index (χ4v) is 2.13. The molecule has 0 radical (unpaired) electrons. The molecular formula is C11H17BrN4O2. The summed E-state index contributed by atoms with van der Waals surface area (Å²) < 4.78 is 7.75. The number of rotatable bonds is 5. The summed E-state index contributed by atoms with van der Waals surface area (Å²) in [5.41, 5.74) is 0. The van der Waals surface area contributed by atoms with Crippen molar-refractivity contribution in [2.24, 2.45) is 0 Å². The normalized spacial score (nSPS) is 16.7. The van der Waals surface area contributed by atoms with Crippen molar-refractivity contribution in [2.45, 2.75) is 6.54 Å². The van der Waals surface area contributed by atoms with Gasteiger partial charge in [0.05, 0.1) is 23.9 Å². The number of carbonyl (C=O) groups is 1. The van der Waals surface area contributed by atoms with Crippen molar-refractivity contribution in [1.29, 1.82) is 0 Å². The molecule has 1 amide bonds. The lowest BCUT2D eigenvalue weighted by Gasteiger charge is -2.26. The Kier molecular flexibility index (Phi) is 5.15. The van der Waals surface area contributed by atoms with Crippen LogP contribution in [0.25, 0.3) is 0 Å². The van der Waals surface area contributed by atoms with Crippen LogP contribution in [0.1, 0.15) is 0 Å². The van der Waals surface area contributed by atoms with E-state index in [2.05, 4.69) is 31.2 Å². The summed E-state index contributed by atoms with van der Waals surface area (Å²) in [6, 6.07) is 0. The highest BCUT2D eigenvalue weighted by Crippen LogP contribution is 2.05. The summed E-state index contributed by atoms with van der Waals surface area (Å²) in [7, 11) is 0. The molecule has 2 heterocycles. The molecule has 1 aliphatic heterocycles. The molecule has 7 heteroatoms. The molecule has 1 aliphatic rings. The lowest BCUT2D eigenvalue weighted by Crippen LogP contribution is -2.41. The molecule has 1 N–H and O–H groups in total. The maximum absolute atomic E-state index is 11.6. The number of hydrogen-bond acceptors (Lipinski definition) is 4. The second kappa shape index (κ2) is 6.86. The first-order valence-corrected chi connectivity index (χ1v) is 6.78. The molecule has 18 heavy (non-hydrogen) atoms. The molecule has 0 aromatic carbocycles. The number of morpholine rings is 1. The van der Waals surface area contributed by atoms with Gasteiger partial charge < -0.3 is 10.1 Å². The van der Waals surface area contributed by atoms with Crippen LogP contribution >= 0.6 is 15.9 Å². The number of nitrogens with one attached hydrogen (secondary N) is 1. The maximum atomic E-state index is 11.6. The highest BCUT2D eigenvalue weighted by molar-refractivity contribution is 9.10. The third kappa shape index (κ3) is 4.40. The van der Waals surface area contributed by atoms with Gasteiger partial charge in [-0.25, -0.2) is 0 Å². The minimum absolute atomic E-state index is 0.0149. The Hall–Kier alpha value is -0.920. The number of carbonyl (C=O) groups excluding carboxylic acids is 1. The van der Waals surface area contributed by atoms with Crippen LogP contribution in [0, 0.1) is 0 Å². The van der Waals surface area contributed by atoms with E-state index in [9.17, 15) is 4.79 Å². The average molecular weight is 317 g/mol. The van der Waals surface area contributed by atoms with Gasteiger partial charge in [0.25, 0.3) is 0 Å². The summed E-state index contributed by atoms with van der Waals surface area (Å²) in [6.07, 6.45) is 3.45. The first-order valence-electron chi connectivity index (χ1n) is 5.99. The van der Waals surface area contributed by atoms with Gasteiger partial charge in [0.15, 0.2) is 0 Å². The van der Waals surface area contributed by atoms with Crippen molar-refractivity contribution >= 4 is 21.8 Å². The van der Waals surface area contributed by atoms with Gasteiger partial charge in [-0.2, -0.15) is 5.10 Å². The molecule has 6 nitrogen and oxygen atoms in total. The van der Waals surface area contributed by atoms with Gasteiger partial charge in [0.2, 0.25) is 5.91 Å². The van der Waals surface area contributed by atoms with E-state index in [-0.39, 0.29) is 12.5 Å². The molecule has 1 aromatic heterocycles. The summed E-state index contributed by atoms with van der Waals surface area (Å²) >= 11 is 3.29. The van der Waals surface area contributed by atoms with Crippen molar-refractivity contribution in [2.75, 3.05) is 39.4 Å². The number of halogens is 1. The summed E-state index contributed by atoms with van der Waals surface area (Å²) in [5.74, 6) is -0.0149. The third-order valence-corrected chi connectivity index (χ3v) is 3.17. The van der Waals surface area contributed by atoms with E-state index in [0.29, 0.717) is 6.54 Å². The maximum Gasteiger partial charge on any atom is 0.241 e. The second-order valence-corrected chi connectivity index (χ2v) is 5.08. The van der Waals surface area contributed by atoms with Crippen LogP contribution in [0.4, 0.5) is 0 Å². The number of aromatic nitrogens is 2. The van der Waals surface area contributed by atoms with E-state index in [4.69, 9.17) is 4.74 Å². The van der Waals surface area contributed by atoms with E-state index in [1.165, 1.54) is 0 Å². The summed E-state index contributed by atoms with van der Waals surface area (Å²) in [6.45, 7) is 5.27. The van der Waals surface area contributed by atoms with Gasteiger partial charge >= 0.3 is 0 Å². The van der Waals surface area contributed by atoms with Gasteiger partial charge in [-0.1, -0.05) is 0 Å². The van der Waals surface area contributed by atoms with Gasteiger partial charge in [0.1, 0.15) is 6.54 Å². The molecule has 1 aromatic rings. The van der Waals surface area contributed by atoms with Crippen LogP contribution in [-0.2, 0) is 16.1 Å². The Morgan fingerprint density at radius 2 is 2.28 bits per heavy atom. The fourth-order valence-electron chi connectivity index (χ4n) is 1.81. The molecule has 100 valence electrons. The molecule has 1 saturated heterocycles. The second-order valence-electron chi connectivity index (χ2n) is 4.16. The van der Waals surface area contributed by atoms with Crippen molar-refractivity contribution < 1.29 is 9.53 Å². The Morgan fingerprint density at radius 3 is 2.94 bits per heavy atom. The molecule has 0 spiro atoms. The molecule has 2 rings (SSSR count). The first kappa shape index (κ1) is 13.5. The highest BCUT2D eigenvalue weighted by atomic mass is 79.9. The fraction of sp³-hybridized carbons (Fsp3) is 0.636. The molecule has 0 atom stereocenters. The first-order chi connectivity index (χ1) is 8.74. The van der Waals surface area contributed by atoms with Crippen LogP contribution in [-0.4, -0.2) is 60.0 Å². The highest BCUT2D eigenvalue weighted by Gasteiger charge is 2.10. The predicted octanol–water partition coefficient (Wildman–Crippen LogP) is 0.0940. The van der Waals surface area contributed by atoms with E-state index >= 15 is 0 Å². The standard InChI is InChI=1S/C11H17BrN4O2/c12-10-7-14-16(8-10)9-11(17)13-1-2-15-3-5-18-6-4-15/h7-8H,1-6,9H2,(H,13,17). The lowest BCUT2D eigenvalue weighted by atomic mass is 10.4. The zero-order valence-corrected chi connectivity index (χ0v) is 11.7. The van der Waals surface area contributed by atoms with E-state index < -0.39 is 0 Å². The van der Waals surface area contributed by atoms with Crippen molar-refractivity contribution in [1.82, 2.24) is 20.0 Å². The Labute approximate surface area is 114 Å². The smallest absolute Gasteiger partial charge is 0.241 e. The molecule has 0 saturated carbocycles. The topological polar surface area (TPSA) is 59.4 Å². The Bertz CT molecular complexity index is 390. The largest absolute Gasteiger partial charge is 0.379 e. The van der Waals surface area contributed by atoms with Gasteiger partial charge in [-0.15, -0.1) is 0 Å². The molecular weight excluding hydrogens is 300 g/mol. The number of nitrogens with zero attached hydrogens (tertiary/aromatic N) is 3. The predicted molar refractivity (Wildman–Crippen MR) is 70.2 cm³/mol. The number of amides is 1. The Balaban J connectivity index is 1.62.